The van der Waals surface area contributed by atoms with Crippen LogP contribution in [0.1, 0.15) is 46.0 Å². The number of hydrogen-bond donors (Lipinski definition) is 0. The average Bonchev–Trinajstić information content (AvgIpc) is 2.82. The van der Waals surface area contributed by atoms with Crippen LogP contribution in [0.4, 0.5) is 0 Å². The Hall–Kier alpha value is -3.76. The van der Waals surface area contributed by atoms with Gasteiger partial charge < -0.3 is 14.2 Å². The van der Waals surface area contributed by atoms with Crippen LogP contribution in [0.3, 0.4) is 0 Å². The number of unbranched alkanes of at least 4 members (excludes halogenated alkanes) is 1. The van der Waals surface area contributed by atoms with E-state index in [0.717, 1.165) is 40.8 Å². The van der Waals surface area contributed by atoms with Gasteiger partial charge in [-0.05, 0) is 97.4 Å². The fourth-order valence-electron chi connectivity index (χ4n) is 2.86. The molecular formula is C26H23NO5S. The zero-order chi connectivity index (χ0) is 23.6. The maximum atomic E-state index is 12.4. The molecule has 0 aliphatic heterocycles. The fourth-order valence-corrected chi connectivity index (χ4v) is 3.32. The molecule has 0 heterocycles. The smallest absolute Gasteiger partial charge is 0.343 e. The van der Waals surface area contributed by atoms with Crippen LogP contribution in [0, 0.1) is 17.6 Å². The summed E-state index contributed by atoms with van der Waals surface area (Å²) in [6.45, 7) is 4.58. The first-order valence-corrected chi connectivity index (χ1v) is 11.3. The second-order valence-electron chi connectivity index (χ2n) is 7.15. The Kier molecular flexibility index (Phi) is 8.50. The molecule has 0 radical (unpaired) electrons. The van der Waals surface area contributed by atoms with E-state index in [9.17, 15) is 9.59 Å². The second-order valence-corrected chi connectivity index (χ2v) is 7.98. The molecule has 0 bridgehead atoms. The molecule has 0 saturated heterocycles. The molecule has 0 fully saturated rings. The van der Waals surface area contributed by atoms with Crippen LogP contribution in [-0.4, -0.2) is 18.5 Å². The van der Waals surface area contributed by atoms with E-state index in [4.69, 9.17) is 19.5 Å². The maximum Gasteiger partial charge on any atom is 0.343 e. The van der Waals surface area contributed by atoms with E-state index >= 15 is 0 Å². The van der Waals surface area contributed by atoms with E-state index in [-0.39, 0.29) is 0 Å². The van der Waals surface area contributed by atoms with Crippen molar-refractivity contribution in [2.45, 2.75) is 31.6 Å². The summed E-state index contributed by atoms with van der Waals surface area (Å²) < 4.78 is 16.4. The summed E-state index contributed by atoms with van der Waals surface area (Å²) in [4.78, 5) is 25.6. The molecule has 33 heavy (non-hydrogen) atoms. The number of rotatable bonds is 9. The standard InChI is InChI=1S/C26H23NO5S/c1-3-4-15-30-21-9-11-22(12-10-21)31-25(28)19-5-7-20(8-6-19)26(29)32-23-13-14-24(33-17-27)18(2)16-23/h5-14,16H,3-4,15H2,1-2H3. The van der Waals surface area contributed by atoms with Crippen LogP contribution >= 0.6 is 11.8 Å². The van der Waals surface area contributed by atoms with Gasteiger partial charge in [0, 0.05) is 4.90 Å². The molecular weight excluding hydrogens is 438 g/mol. The SMILES string of the molecule is CCCCOc1ccc(OC(=O)c2ccc(C(=O)Oc3ccc(SC#N)c(C)c3)cc2)cc1. The normalized spacial score (nSPS) is 10.2. The highest BCUT2D eigenvalue weighted by Gasteiger charge is 2.13. The van der Waals surface area contributed by atoms with Gasteiger partial charge >= 0.3 is 11.9 Å². The van der Waals surface area contributed by atoms with E-state index in [1.807, 2.05) is 12.3 Å². The minimum absolute atomic E-state index is 0.299. The van der Waals surface area contributed by atoms with Crippen LogP contribution in [0.5, 0.6) is 17.2 Å². The number of hydrogen-bond acceptors (Lipinski definition) is 7. The van der Waals surface area contributed by atoms with Gasteiger partial charge in [0.1, 0.15) is 22.6 Å². The molecule has 0 atom stereocenters. The zero-order valence-electron chi connectivity index (χ0n) is 18.4. The summed E-state index contributed by atoms with van der Waals surface area (Å²) >= 11 is 1.05. The molecule has 3 rings (SSSR count). The number of benzene rings is 3. The zero-order valence-corrected chi connectivity index (χ0v) is 19.2. The minimum atomic E-state index is -0.548. The minimum Gasteiger partial charge on any atom is -0.494 e. The number of carbonyl (C=O) groups excluding carboxylic acids is 2. The Bertz CT molecular complexity index is 1150. The fraction of sp³-hybridized carbons (Fsp3) is 0.192. The first-order chi connectivity index (χ1) is 16.0. The third kappa shape index (κ3) is 6.86. The molecule has 3 aromatic carbocycles. The number of nitrogens with zero attached hydrogens (tertiary/aromatic N) is 1. The van der Waals surface area contributed by atoms with Gasteiger partial charge in [-0.25, -0.2) is 9.59 Å². The van der Waals surface area contributed by atoms with E-state index in [0.29, 0.717) is 29.2 Å². The predicted molar refractivity (Wildman–Crippen MR) is 126 cm³/mol. The lowest BCUT2D eigenvalue weighted by Crippen LogP contribution is -2.11. The summed E-state index contributed by atoms with van der Waals surface area (Å²) in [6, 6.07) is 18.0. The molecule has 168 valence electrons. The Balaban J connectivity index is 1.58. The lowest BCUT2D eigenvalue weighted by atomic mass is 10.1. The topological polar surface area (TPSA) is 85.6 Å². The Morgan fingerprint density at radius 2 is 1.39 bits per heavy atom. The van der Waals surface area contributed by atoms with E-state index in [1.165, 1.54) is 24.3 Å². The van der Waals surface area contributed by atoms with E-state index in [2.05, 4.69) is 6.92 Å². The highest BCUT2D eigenvalue weighted by Crippen LogP contribution is 2.26. The highest BCUT2D eigenvalue weighted by molar-refractivity contribution is 8.03. The van der Waals surface area contributed by atoms with Gasteiger partial charge in [0.2, 0.25) is 0 Å². The van der Waals surface area contributed by atoms with Gasteiger partial charge in [-0.15, -0.1) is 0 Å². The Morgan fingerprint density at radius 1 is 0.848 bits per heavy atom. The number of ether oxygens (including phenoxy) is 3. The Morgan fingerprint density at radius 3 is 1.94 bits per heavy atom. The van der Waals surface area contributed by atoms with Crippen LogP contribution in [-0.2, 0) is 0 Å². The largest absolute Gasteiger partial charge is 0.494 e. The van der Waals surface area contributed by atoms with Crippen molar-refractivity contribution in [2.24, 2.45) is 0 Å². The molecule has 6 nitrogen and oxygen atoms in total. The monoisotopic (exact) mass is 461 g/mol. The summed E-state index contributed by atoms with van der Waals surface area (Å²) in [5.74, 6) is 0.425. The van der Waals surface area contributed by atoms with Gasteiger partial charge in [-0.3, -0.25) is 0 Å². The molecule has 3 aromatic rings. The molecule has 0 aliphatic rings. The van der Waals surface area contributed by atoms with Crippen LogP contribution in [0.2, 0.25) is 0 Å². The number of carbonyl (C=O) groups is 2. The number of thiocyanates is 1. The van der Waals surface area contributed by atoms with Gasteiger partial charge in [0.25, 0.3) is 0 Å². The summed E-state index contributed by atoms with van der Waals surface area (Å²) in [7, 11) is 0. The van der Waals surface area contributed by atoms with Gasteiger partial charge in [0.05, 0.1) is 17.7 Å². The van der Waals surface area contributed by atoms with Gasteiger partial charge in [-0.2, -0.15) is 5.26 Å². The summed E-state index contributed by atoms with van der Waals surface area (Å²) in [5.41, 5.74) is 1.45. The van der Waals surface area contributed by atoms with Gasteiger partial charge in [0.15, 0.2) is 0 Å². The van der Waals surface area contributed by atoms with Crippen molar-refractivity contribution in [1.29, 1.82) is 5.26 Å². The van der Waals surface area contributed by atoms with Gasteiger partial charge in [-0.1, -0.05) is 13.3 Å². The summed E-state index contributed by atoms with van der Waals surface area (Å²) in [5, 5.41) is 10.8. The van der Waals surface area contributed by atoms with Crippen molar-refractivity contribution in [3.8, 4) is 22.6 Å². The first kappa shape index (κ1) is 23.9. The summed E-state index contributed by atoms with van der Waals surface area (Å²) in [6.07, 6.45) is 2.04. The van der Waals surface area contributed by atoms with Crippen molar-refractivity contribution in [2.75, 3.05) is 6.61 Å². The molecule has 0 amide bonds. The van der Waals surface area contributed by atoms with E-state index < -0.39 is 11.9 Å². The third-order valence-electron chi connectivity index (χ3n) is 4.67. The predicted octanol–water partition coefficient (Wildman–Crippen LogP) is 6.19. The number of nitriles is 1. The molecule has 0 aromatic heterocycles. The first-order valence-electron chi connectivity index (χ1n) is 10.4. The van der Waals surface area contributed by atoms with E-state index in [1.54, 1.807) is 42.5 Å². The molecule has 0 saturated carbocycles. The lowest BCUT2D eigenvalue weighted by Gasteiger charge is -2.09. The van der Waals surface area contributed by atoms with Crippen molar-refractivity contribution in [3.05, 3.63) is 83.4 Å². The van der Waals surface area contributed by atoms with Crippen molar-refractivity contribution < 1.29 is 23.8 Å². The average molecular weight is 462 g/mol. The van der Waals surface area contributed by atoms with Crippen molar-refractivity contribution >= 4 is 23.7 Å². The lowest BCUT2D eigenvalue weighted by molar-refractivity contribution is 0.0720. The third-order valence-corrected chi connectivity index (χ3v) is 5.44. The molecule has 0 aliphatic carbocycles. The number of thioether (sulfide) groups is 1. The molecule has 7 heteroatoms. The molecule has 0 unspecified atom stereocenters. The quantitative estimate of drug-likeness (QED) is 0.124. The van der Waals surface area contributed by atoms with Crippen LogP contribution in [0.25, 0.3) is 0 Å². The highest BCUT2D eigenvalue weighted by atomic mass is 32.2. The van der Waals surface area contributed by atoms with Crippen LogP contribution in [0.15, 0.2) is 71.6 Å². The number of aryl methyl sites for hydroxylation is 1. The van der Waals surface area contributed by atoms with Crippen molar-refractivity contribution in [3.63, 3.8) is 0 Å². The molecule has 0 spiro atoms. The maximum absolute atomic E-state index is 12.4. The molecule has 0 N–H and O–H groups in total. The Labute approximate surface area is 197 Å². The number of esters is 2. The van der Waals surface area contributed by atoms with Crippen molar-refractivity contribution in [1.82, 2.24) is 0 Å². The second kappa shape index (κ2) is 11.7. The van der Waals surface area contributed by atoms with Crippen LogP contribution < -0.4 is 14.2 Å².